The van der Waals surface area contributed by atoms with Crippen LogP contribution in [0.3, 0.4) is 0 Å². The van der Waals surface area contributed by atoms with Gasteiger partial charge in [0.15, 0.2) is 0 Å². The second-order valence-electron chi connectivity index (χ2n) is 11.7. The van der Waals surface area contributed by atoms with Crippen molar-refractivity contribution in [2.45, 2.75) is 89.1 Å². The van der Waals surface area contributed by atoms with Crippen LogP contribution in [0.4, 0.5) is 0 Å². The number of hydrogen-bond donors (Lipinski definition) is 3. The van der Waals surface area contributed by atoms with Gasteiger partial charge in [0.1, 0.15) is 5.72 Å². The molecule has 0 aromatic rings. The molecule has 4 saturated carbocycles. The smallest absolute Gasteiger partial charge is 0.120 e. The van der Waals surface area contributed by atoms with Gasteiger partial charge in [-0.15, -0.1) is 26.3 Å². The van der Waals surface area contributed by atoms with Crippen LogP contribution in [0.2, 0.25) is 0 Å². The van der Waals surface area contributed by atoms with E-state index in [0.717, 1.165) is 38.8 Å². The van der Waals surface area contributed by atoms with Gasteiger partial charge < -0.3 is 14.9 Å². The van der Waals surface area contributed by atoms with Crippen LogP contribution in [0, 0.1) is 35.0 Å². The minimum absolute atomic E-state index is 0.0298. The molecule has 190 valence electrons. The molecule has 4 heteroatoms. The Morgan fingerprint density at radius 1 is 1.09 bits per heavy atom. The summed E-state index contributed by atoms with van der Waals surface area (Å²) < 4.78 is 6.13. The van der Waals surface area contributed by atoms with Crippen LogP contribution in [-0.2, 0) is 4.74 Å². The van der Waals surface area contributed by atoms with Crippen molar-refractivity contribution >= 4 is 0 Å². The highest BCUT2D eigenvalue weighted by atomic mass is 16.5. The highest BCUT2D eigenvalue weighted by molar-refractivity contribution is 5.34. The average molecular weight is 470 g/mol. The number of nitrogens with one attached hydrogen (secondary N) is 1. The van der Waals surface area contributed by atoms with Crippen molar-refractivity contribution in [3.05, 3.63) is 49.6 Å². The van der Waals surface area contributed by atoms with Gasteiger partial charge in [0.05, 0.1) is 18.8 Å². The lowest BCUT2D eigenvalue weighted by atomic mass is 9.53. The molecule has 0 bridgehead atoms. The third-order valence-corrected chi connectivity index (χ3v) is 9.93. The Bertz CT molecular complexity index is 780. The first-order valence-corrected chi connectivity index (χ1v) is 13.6. The van der Waals surface area contributed by atoms with Gasteiger partial charge in [-0.3, -0.25) is 5.32 Å². The molecule has 5 unspecified atom stereocenters. The summed E-state index contributed by atoms with van der Waals surface area (Å²) in [7, 11) is 0. The SMILES string of the molecule is C=C.C=CC(O)C1CC1.C=C[C@H]1C[C@@]2(C)C(CC[C@@H]2O)C2CCC3CC4(CCC3=C21)NCCO4. The summed E-state index contributed by atoms with van der Waals surface area (Å²) in [5, 5.41) is 23.2. The Hall–Kier alpha value is -1.20. The van der Waals surface area contributed by atoms with Gasteiger partial charge in [0.2, 0.25) is 0 Å². The molecule has 1 heterocycles. The van der Waals surface area contributed by atoms with Crippen molar-refractivity contribution in [3.8, 4) is 0 Å². The normalized spacial score (nSPS) is 43.3. The number of rotatable bonds is 3. The highest BCUT2D eigenvalue weighted by Gasteiger charge is 2.56. The van der Waals surface area contributed by atoms with Gasteiger partial charge in [-0.1, -0.05) is 30.2 Å². The van der Waals surface area contributed by atoms with Crippen LogP contribution in [0.15, 0.2) is 49.6 Å². The summed E-state index contributed by atoms with van der Waals surface area (Å²) >= 11 is 0. The predicted octanol–water partition coefficient (Wildman–Crippen LogP) is 5.54. The molecule has 6 aliphatic rings. The largest absolute Gasteiger partial charge is 0.393 e. The summed E-state index contributed by atoms with van der Waals surface area (Å²) in [6.07, 6.45) is 15.2. The monoisotopic (exact) mass is 469 g/mol. The summed E-state index contributed by atoms with van der Waals surface area (Å²) in [6, 6.07) is 0. The first-order chi connectivity index (χ1) is 16.4. The number of aliphatic hydroxyl groups excluding tert-OH is 2. The van der Waals surface area contributed by atoms with Crippen LogP contribution in [0.5, 0.6) is 0 Å². The van der Waals surface area contributed by atoms with Crippen molar-refractivity contribution in [2.75, 3.05) is 13.2 Å². The second kappa shape index (κ2) is 10.4. The van der Waals surface area contributed by atoms with Gasteiger partial charge in [-0.05, 0) is 99.2 Å². The average Bonchev–Trinajstić information content (AvgIpc) is 3.56. The summed E-state index contributed by atoms with van der Waals surface area (Å²) in [5.74, 6) is 3.10. The van der Waals surface area contributed by atoms with E-state index in [1.165, 1.54) is 38.5 Å². The van der Waals surface area contributed by atoms with Gasteiger partial charge in [0.25, 0.3) is 0 Å². The maximum absolute atomic E-state index is 10.7. The molecule has 0 radical (unpaired) electrons. The molecule has 1 saturated heterocycles. The standard InChI is InChI=1S/C22H33NO2.C6H10O.C2H4/c1-3-14-12-21(2)18(6-7-19(21)24)17-5-4-15-13-22(23-10-11-25-22)9-8-16(15)20(14)17;1-2-6(7)5-3-4-5;1-2/h3,14-15,17-19,23-24H,1,4-13H2,2H3;2,5-7H,1,3-4H2;1-2H2/t14-,15?,17?,18?,19-,21-,22?;;/m0../s1. The van der Waals surface area contributed by atoms with Crippen LogP contribution in [0.25, 0.3) is 0 Å². The summed E-state index contributed by atoms with van der Waals surface area (Å²) in [6.45, 7) is 17.9. The molecule has 1 spiro atoms. The van der Waals surface area contributed by atoms with E-state index in [9.17, 15) is 5.11 Å². The minimum atomic E-state index is -0.222. The van der Waals surface area contributed by atoms with Crippen LogP contribution >= 0.6 is 0 Å². The fraction of sp³-hybridized carbons (Fsp3) is 0.733. The second-order valence-corrected chi connectivity index (χ2v) is 11.7. The highest BCUT2D eigenvalue weighted by Crippen LogP contribution is 2.62. The van der Waals surface area contributed by atoms with Gasteiger partial charge in [-0.2, -0.15) is 0 Å². The molecule has 6 rings (SSSR count). The first-order valence-electron chi connectivity index (χ1n) is 13.6. The number of ether oxygens (including phenoxy) is 1. The first kappa shape index (κ1) is 25.9. The van der Waals surface area contributed by atoms with E-state index in [0.29, 0.717) is 29.6 Å². The Kier molecular flexibility index (Phi) is 7.93. The molecule has 8 atom stereocenters. The van der Waals surface area contributed by atoms with E-state index >= 15 is 0 Å². The molecule has 3 N–H and O–H groups in total. The molecule has 1 aliphatic heterocycles. The third kappa shape index (κ3) is 4.64. The molecule has 5 fully saturated rings. The molecule has 34 heavy (non-hydrogen) atoms. The van der Waals surface area contributed by atoms with Crippen molar-refractivity contribution in [2.24, 2.45) is 35.0 Å². The van der Waals surface area contributed by atoms with Gasteiger partial charge in [-0.25, -0.2) is 0 Å². The van der Waals surface area contributed by atoms with E-state index in [1.807, 2.05) is 0 Å². The predicted molar refractivity (Wildman–Crippen MR) is 139 cm³/mol. The topological polar surface area (TPSA) is 61.7 Å². The van der Waals surface area contributed by atoms with Crippen LogP contribution in [0.1, 0.15) is 71.1 Å². The number of allylic oxidation sites excluding steroid dienone is 3. The zero-order valence-corrected chi connectivity index (χ0v) is 21.3. The van der Waals surface area contributed by atoms with E-state index < -0.39 is 0 Å². The summed E-state index contributed by atoms with van der Waals surface area (Å²) in [4.78, 5) is 0. The number of fused-ring (bicyclic) bond motifs is 4. The third-order valence-electron chi connectivity index (χ3n) is 9.93. The van der Waals surface area contributed by atoms with Crippen molar-refractivity contribution in [3.63, 3.8) is 0 Å². The molecular weight excluding hydrogens is 422 g/mol. The lowest BCUT2D eigenvalue weighted by Gasteiger charge is -2.53. The lowest BCUT2D eigenvalue weighted by molar-refractivity contribution is -0.0509. The maximum Gasteiger partial charge on any atom is 0.120 e. The van der Waals surface area contributed by atoms with Crippen molar-refractivity contribution in [1.82, 2.24) is 5.32 Å². The Balaban J connectivity index is 0.000000260. The Labute approximate surface area is 207 Å². The lowest BCUT2D eigenvalue weighted by Crippen LogP contribution is -2.49. The molecule has 0 aromatic heterocycles. The zero-order chi connectivity index (χ0) is 24.5. The number of hydrogen-bond acceptors (Lipinski definition) is 4. The molecule has 4 nitrogen and oxygen atoms in total. The quantitative estimate of drug-likeness (QED) is 0.475. The van der Waals surface area contributed by atoms with Crippen LogP contribution in [-0.4, -0.2) is 41.3 Å². The van der Waals surface area contributed by atoms with Crippen LogP contribution < -0.4 is 5.32 Å². The van der Waals surface area contributed by atoms with Gasteiger partial charge >= 0.3 is 0 Å². The fourth-order valence-electron chi connectivity index (χ4n) is 8.01. The molecule has 0 aromatic carbocycles. The molecular formula is C30H47NO3. The van der Waals surface area contributed by atoms with Gasteiger partial charge in [0, 0.05) is 6.54 Å². The Morgan fingerprint density at radius 2 is 1.85 bits per heavy atom. The number of aliphatic hydroxyl groups is 2. The van der Waals surface area contributed by atoms with E-state index in [1.54, 1.807) is 17.2 Å². The van der Waals surface area contributed by atoms with E-state index in [2.05, 4.69) is 44.6 Å². The molecule has 0 amide bonds. The molecule has 5 aliphatic carbocycles. The van der Waals surface area contributed by atoms with E-state index in [-0.39, 0.29) is 23.3 Å². The Morgan fingerprint density at radius 3 is 2.44 bits per heavy atom. The fourth-order valence-corrected chi connectivity index (χ4v) is 8.01. The van der Waals surface area contributed by atoms with E-state index in [4.69, 9.17) is 9.84 Å². The minimum Gasteiger partial charge on any atom is -0.393 e. The van der Waals surface area contributed by atoms with Crippen molar-refractivity contribution in [1.29, 1.82) is 0 Å². The van der Waals surface area contributed by atoms with Crippen molar-refractivity contribution < 1.29 is 14.9 Å². The maximum atomic E-state index is 10.7. The summed E-state index contributed by atoms with van der Waals surface area (Å²) in [5.41, 5.74) is 3.58. The zero-order valence-electron chi connectivity index (χ0n) is 21.3.